The number of carboxylic acids is 3. The number of aliphatic carboxylic acids is 3. The quantitative estimate of drug-likeness (QED) is 0.225. The molecule has 0 heterocycles. The maximum absolute atomic E-state index is 11.2. The molecule has 0 spiro atoms. The number of allylic oxidation sites excluding steroid dienone is 1. The van der Waals surface area contributed by atoms with Crippen molar-refractivity contribution in [3.63, 3.8) is 0 Å². The third-order valence-electron chi connectivity index (χ3n) is 4.36. The summed E-state index contributed by atoms with van der Waals surface area (Å²) in [6.07, 6.45) is 1.74. The maximum Gasteiger partial charge on any atom is 1.00 e. The zero-order chi connectivity index (χ0) is 20.4. The number of hydrogen-bond acceptors (Lipinski definition) is 9. The van der Waals surface area contributed by atoms with Crippen LogP contribution in [0.5, 0.6) is 0 Å². The van der Waals surface area contributed by atoms with Gasteiger partial charge in [-0.15, -0.1) is 6.58 Å². The summed E-state index contributed by atoms with van der Waals surface area (Å²) < 4.78 is 0. The Balaban J connectivity index is -0.00000104. The summed E-state index contributed by atoms with van der Waals surface area (Å²) in [5, 5.41) is 43.4. The summed E-state index contributed by atoms with van der Waals surface area (Å²) in [4.78, 5) is 36.0. The van der Waals surface area contributed by atoms with Crippen LogP contribution in [-0.2, 0) is 14.4 Å². The second-order valence-corrected chi connectivity index (χ2v) is 6.24. The van der Waals surface area contributed by atoms with Gasteiger partial charge in [0.2, 0.25) is 0 Å². The second kappa shape index (κ2) is 18.6. The van der Waals surface area contributed by atoms with E-state index in [0.29, 0.717) is 12.8 Å². The Morgan fingerprint density at radius 3 is 1.66 bits per heavy atom. The van der Waals surface area contributed by atoms with Crippen molar-refractivity contribution < 1.29 is 91.4 Å². The van der Waals surface area contributed by atoms with Crippen LogP contribution in [0, 0.1) is 0 Å². The fourth-order valence-electron chi connectivity index (χ4n) is 2.50. The van der Waals surface area contributed by atoms with E-state index >= 15 is 0 Å². The zero-order valence-corrected chi connectivity index (χ0v) is 18.4. The van der Waals surface area contributed by atoms with Crippen LogP contribution in [-0.4, -0.2) is 76.7 Å². The van der Waals surface area contributed by atoms with Crippen LogP contribution in [0.1, 0.15) is 33.6 Å². The van der Waals surface area contributed by atoms with Crippen molar-refractivity contribution in [3.05, 3.63) is 12.7 Å². The molecule has 0 aromatic rings. The molecule has 4 atom stereocenters. The predicted molar refractivity (Wildman–Crippen MR) is 87.1 cm³/mol. The first-order valence-electron chi connectivity index (χ1n) is 8.44. The number of carbonyl (C=O) groups is 3. The van der Waals surface area contributed by atoms with Gasteiger partial charge < -0.3 is 34.8 Å². The number of carbonyl (C=O) groups excluding carboxylic acids is 3. The van der Waals surface area contributed by atoms with Crippen LogP contribution in [0.3, 0.4) is 0 Å². The molecule has 12 heteroatoms. The van der Waals surface area contributed by atoms with Gasteiger partial charge in [0.1, 0.15) is 0 Å². The molecule has 1 N–H and O–H groups in total. The van der Waals surface area contributed by atoms with Crippen molar-refractivity contribution in [2.45, 2.75) is 57.8 Å². The van der Waals surface area contributed by atoms with Crippen molar-refractivity contribution in [1.82, 2.24) is 9.80 Å². The van der Waals surface area contributed by atoms with Crippen molar-refractivity contribution in [2.24, 2.45) is 0 Å². The van der Waals surface area contributed by atoms with Gasteiger partial charge in [0.05, 0.1) is 24.0 Å². The minimum absolute atomic E-state index is 0. The first-order chi connectivity index (χ1) is 12.0. The Hall–Kier alpha value is -0.178. The zero-order valence-electron chi connectivity index (χ0n) is 18.4. The average Bonchev–Trinajstić information content (AvgIpc) is 2.57. The Bertz CT molecular complexity index is 491. The molecule has 0 aliphatic rings. The van der Waals surface area contributed by atoms with Crippen LogP contribution in [0.25, 0.3) is 0 Å². The number of carboxylic acid groups (broad SMARTS) is 3. The van der Waals surface area contributed by atoms with Crippen molar-refractivity contribution in [3.8, 4) is 0 Å². The molecule has 0 radical (unpaired) electrons. The van der Waals surface area contributed by atoms with E-state index in [4.69, 9.17) is 0 Å². The van der Waals surface area contributed by atoms with E-state index in [1.807, 2.05) is 0 Å². The van der Waals surface area contributed by atoms with Gasteiger partial charge in [-0.1, -0.05) is 6.08 Å². The Kier molecular flexibility index (Phi) is 23.2. The Morgan fingerprint density at radius 2 is 1.31 bits per heavy atom. The van der Waals surface area contributed by atoms with Gasteiger partial charge in [-0.2, -0.15) is 0 Å². The number of nitrogens with zero attached hydrogens (tertiary/aromatic N) is 2. The maximum atomic E-state index is 11.2. The van der Waals surface area contributed by atoms with E-state index in [1.165, 1.54) is 25.7 Å². The summed E-state index contributed by atoms with van der Waals surface area (Å²) in [7, 11) is 0. The van der Waals surface area contributed by atoms with Crippen LogP contribution in [0.4, 0.5) is 0 Å². The molecule has 0 aromatic carbocycles. The van der Waals surface area contributed by atoms with Gasteiger partial charge in [-0.25, -0.2) is 0 Å². The summed E-state index contributed by atoms with van der Waals surface area (Å²) in [5.41, 5.74) is 0. The molecular weight excluding hydrogens is 365 g/mol. The molecule has 4 unspecified atom stereocenters. The van der Waals surface area contributed by atoms with E-state index in [-0.39, 0.29) is 76.2 Å². The summed E-state index contributed by atoms with van der Waals surface area (Å²) in [6, 6.07) is -3.48. The van der Waals surface area contributed by atoms with Gasteiger partial charge in [0.25, 0.3) is 0 Å². The third kappa shape index (κ3) is 13.7. The largest absolute Gasteiger partial charge is 1.00 e. The van der Waals surface area contributed by atoms with Crippen molar-refractivity contribution >= 4 is 17.9 Å². The Labute approximate surface area is 208 Å². The summed E-state index contributed by atoms with van der Waals surface area (Å²) in [6.45, 7) is 7.43. The number of hydrogen-bond donors (Lipinski definition) is 1. The minimum atomic E-state index is -1.45. The summed E-state index contributed by atoms with van der Waals surface area (Å²) >= 11 is 0. The Morgan fingerprint density at radius 1 is 0.897 bits per heavy atom. The normalized spacial score (nSPS) is 14.4. The van der Waals surface area contributed by atoms with Gasteiger partial charge in [-0.3, -0.25) is 9.80 Å². The number of aliphatic hydroxyl groups excluding tert-OH is 1. The topological polar surface area (TPSA) is 147 Å². The molecule has 0 amide bonds. The minimum Gasteiger partial charge on any atom is -0.548 e. The number of rotatable bonds is 14. The predicted octanol–water partition coefficient (Wildman–Crippen LogP) is -12.7. The smallest absolute Gasteiger partial charge is 0.548 e. The van der Waals surface area contributed by atoms with Crippen LogP contribution < -0.4 is 71.9 Å². The van der Waals surface area contributed by atoms with Gasteiger partial charge in [0.15, 0.2) is 0 Å². The SMILES string of the molecule is C=CCCC(O)CN(CCN(C(C)C(=O)[O-])C(C)C(=O)[O-])C(C)C(=O)[O-].[Li+].[Li+].[Li+]. The fourth-order valence-corrected chi connectivity index (χ4v) is 2.50. The number of aliphatic hydroxyl groups is 1. The van der Waals surface area contributed by atoms with E-state index in [9.17, 15) is 34.8 Å². The van der Waals surface area contributed by atoms with Gasteiger partial charge >= 0.3 is 56.6 Å². The molecule has 0 saturated heterocycles. The molecule has 0 saturated carbocycles. The van der Waals surface area contributed by atoms with E-state index in [1.54, 1.807) is 6.08 Å². The molecule has 0 aliphatic heterocycles. The molecule has 0 aliphatic carbocycles. The van der Waals surface area contributed by atoms with Gasteiger partial charge in [-0.05, 0) is 33.6 Å². The van der Waals surface area contributed by atoms with E-state index in [2.05, 4.69) is 6.58 Å². The van der Waals surface area contributed by atoms with Crippen LogP contribution in [0.15, 0.2) is 12.7 Å². The second-order valence-electron chi connectivity index (χ2n) is 6.24. The standard InChI is InChI=1S/C17H30N2O7.3Li/c1-5-6-7-14(20)10-18(11(2)15(21)22)8-9-19(12(3)16(23)24)13(4)17(25)26;;;/h5,11-14,20H,1,6-10H2,2-4H3,(H,21,22)(H,23,24)(H,25,26);;;/q;3*+1/p-3. The first-order valence-corrected chi connectivity index (χ1v) is 8.44. The summed E-state index contributed by atoms with van der Waals surface area (Å²) in [5.74, 6) is -4.26. The molecule has 0 fully saturated rings. The molecule has 0 aromatic heterocycles. The molecular formula is C17H27Li3N2O7. The third-order valence-corrected chi connectivity index (χ3v) is 4.36. The van der Waals surface area contributed by atoms with E-state index < -0.39 is 42.1 Å². The fraction of sp³-hybridized carbons (Fsp3) is 0.706. The molecule has 150 valence electrons. The average molecular weight is 392 g/mol. The monoisotopic (exact) mass is 392 g/mol. The molecule has 9 nitrogen and oxygen atoms in total. The van der Waals surface area contributed by atoms with Crippen LogP contribution in [0.2, 0.25) is 0 Å². The molecule has 0 rings (SSSR count). The molecule has 29 heavy (non-hydrogen) atoms. The van der Waals surface area contributed by atoms with Crippen molar-refractivity contribution in [1.29, 1.82) is 0 Å². The van der Waals surface area contributed by atoms with Crippen LogP contribution >= 0.6 is 0 Å². The first kappa shape index (κ1) is 36.2. The van der Waals surface area contributed by atoms with E-state index in [0.717, 1.165) is 4.90 Å². The van der Waals surface area contributed by atoms with Crippen molar-refractivity contribution in [2.75, 3.05) is 19.6 Å². The molecule has 0 bridgehead atoms. The van der Waals surface area contributed by atoms with Gasteiger partial charge in [0, 0.05) is 37.8 Å².